The van der Waals surface area contributed by atoms with Crippen LogP contribution in [0.15, 0.2) is 71.9 Å². The Labute approximate surface area is 201 Å². The van der Waals surface area contributed by atoms with Gasteiger partial charge in [-0.25, -0.2) is 9.97 Å². The Hall–Kier alpha value is -3.50. The third-order valence-corrected chi connectivity index (χ3v) is 8.02. The number of thiazole rings is 1. The summed E-state index contributed by atoms with van der Waals surface area (Å²) in [7, 11) is -3.83. The van der Waals surface area contributed by atoms with Crippen LogP contribution in [0.2, 0.25) is 0 Å². The van der Waals surface area contributed by atoms with Crippen LogP contribution in [0, 0.1) is 6.92 Å². The first-order chi connectivity index (χ1) is 16.4. The lowest BCUT2D eigenvalue weighted by atomic mass is 10.1. The van der Waals surface area contributed by atoms with E-state index in [1.165, 1.54) is 22.5 Å². The maximum atomic E-state index is 13.1. The molecule has 0 bridgehead atoms. The Kier molecular flexibility index (Phi) is 5.93. The van der Waals surface area contributed by atoms with E-state index in [2.05, 4.69) is 33.7 Å². The molecule has 174 valence electrons. The monoisotopic (exact) mass is 493 g/mol. The second-order valence-electron chi connectivity index (χ2n) is 8.10. The number of amides is 1. The number of benzene rings is 2. The number of anilines is 2. The van der Waals surface area contributed by atoms with Crippen LogP contribution in [-0.2, 0) is 10.0 Å². The second-order valence-corrected chi connectivity index (χ2v) is 10.7. The molecule has 0 saturated carbocycles. The van der Waals surface area contributed by atoms with Gasteiger partial charge in [0.05, 0.1) is 10.2 Å². The average molecular weight is 494 g/mol. The van der Waals surface area contributed by atoms with Crippen LogP contribution in [-0.4, -0.2) is 55.4 Å². The predicted molar refractivity (Wildman–Crippen MR) is 134 cm³/mol. The fraction of sp³-hybridized carbons (Fsp3) is 0.208. The van der Waals surface area contributed by atoms with Crippen LogP contribution >= 0.6 is 11.3 Å². The standard InChI is InChI=1S/C24H23N5O3S2/c1-17-8-9-20-21(15-17)33-24(26-20)29-13-11-28(12-14-29)23(30)18-5-4-6-19(16-18)27-34(31,32)22-7-2-3-10-25-22/h2-10,15-16,27H,11-14H2,1H3. The molecule has 4 aromatic rings. The normalized spacial score (nSPS) is 14.4. The lowest BCUT2D eigenvalue weighted by Crippen LogP contribution is -2.48. The molecule has 1 N–H and O–H groups in total. The van der Waals surface area contributed by atoms with Gasteiger partial charge in [0, 0.05) is 43.6 Å². The molecule has 2 aromatic carbocycles. The van der Waals surface area contributed by atoms with Crippen LogP contribution in [0.1, 0.15) is 15.9 Å². The highest BCUT2D eigenvalue weighted by Gasteiger charge is 2.24. The van der Waals surface area contributed by atoms with Crippen molar-refractivity contribution in [1.82, 2.24) is 14.9 Å². The molecule has 1 aliphatic rings. The minimum absolute atomic E-state index is 0.0761. The number of piperazine rings is 1. The second kappa shape index (κ2) is 9.03. The lowest BCUT2D eigenvalue weighted by Gasteiger charge is -2.34. The van der Waals surface area contributed by atoms with Gasteiger partial charge in [-0.2, -0.15) is 8.42 Å². The minimum Gasteiger partial charge on any atom is -0.345 e. The van der Waals surface area contributed by atoms with Crippen LogP contribution in [0.5, 0.6) is 0 Å². The summed E-state index contributed by atoms with van der Waals surface area (Å²) in [6.45, 7) is 4.59. The number of fused-ring (bicyclic) bond motifs is 1. The van der Waals surface area contributed by atoms with Crippen molar-refractivity contribution in [2.24, 2.45) is 0 Å². The lowest BCUT2D eigenvalue weighted by molar-refractivity contribution is 0.0747. The number of nitrogens with one attached hydrogen (secondary N) is 1. The molecule has 34 heavy (non-hydrogen) atoms. The molecule has 1 saturated heterocycles. The fourth-order valence-corrected chi connectivity index (χ4v) is 5.98. The van der Waals surface area contributed by atoms with E-state index in [4.69, 9.17) is 4.98 Å². The molecule has 10 heteroatoms. The fourth-order valence-electron chi connectivity index (χ4n) is 3.87. The smallest absolute Gasteiger partial charge is 0.279 e. The van der Waals surface area contributed by atoms with E-state index < -0.39 is 10.0 Å². The highest BCUT2D eigenvalue weighted by molar-refractivity contribution is 7.92. The summed E-state index contributed by atoms with van der Waals surface area (Å²) in [6.07, 6.45) is 1.42. The van der Waals surface area contributed by atoms with Crippen molar-refractivity contribution in [3.63, 3.8) is 0 Å². The molecule has 1 amide bonds. The van der Waals surface area contributed by atoms with E-state index in [0.717, 1.165) is 10.6 Å². The van der Waals surface area contributed by atoms with Crippen molar-refractivity contribution in [1.29, 1.82) is 0 Å². The summed E-state index contributed by atoms with van der Waals surface area (Å²) in [6, 6.07) is 17.5. The van der Waals surface area contributed by atoms with E-state index in [1.54, 1.807) is 52.6 Å². The van der Waals surface area contributed by atoms with Crippen molar-refractivity contribution >= 4 is 48.3 Å². The summed E-state index contributed by atoms with van der Waals surface area (Å²) < 4.78 is 28.8. The predicted octanol–water partition coefficient (Wildman–Crippen LogP) is 3.76. The van der Waals surface area contributed by atoms with Gasteiger partial charge < -0.3 is 9.80 Å². The molecule has 0 atom stereocenters. The number of aromatic nitrogens is 2. The highest BCUT2D eigenvalue weighted by atomic mass is 32.2. The zero-order valence-corrected chi connectivity index (χ0v) is 20.1. The van der Waals surface area contributed by atoms with E-state index in [-0.39, 0.29) is 10.9 Å². The first kappa shape index (κ1) is 22.3. The Bertz CT molecular complexity index is 1450. The maximum Gasteiger partial charge on any atom is 0.279 e. The van der Waals surface area contributed by atoms with Gasteiger partial charge in [0.25, 0.3) is 15.9 Å². The minimum atomic E-state index is -3.83. The van der Waals surface area contributed by atoms with E-state index in [1.807, 2.05) is 6.07 Å². The average Bonchev–Trinajstić information content (AvgIpc) is 3.27. The Balaban J connectivity index is 1.25. The van der Waals surface area contributed by atoms with Gasteiger partial charge in [-0.1, -0.05) is 29.5 Å². The van der Waals surface area contributed by atoms with Gasteiger partial charge in [0.1, 0.15) is 0 Å². The van der Waals surface area contributed by atoms with Crippen molar-refractivity contribution in [3.8, 4) is 0 Å². The number of rotatable bonds is 5. The number of nitrogens with zero attached hydrogens (tertiary/aromatic N) is 4. The third-order valence-electron chi connectivity index (χ3n) is 5.64. The molecule has 0 aliphatic carbocycles. The third kappa shape index (κ3) is 4.59. The Morgan fingerprint density at radius 3 is 2.59 bits per heavy atom. The highest BCUT2D eigenvalue weighted by Crippen LogP contribution is 2.30. The van der Waals surface area contributed by atoms with Crippen molar-refractivity contribution in [2.75, 3.05) is 35.8 Å². The zero-order valence-electron chi connectivity index (χ0n) is 18.5. The molecular weight excluding hydrogens is 470 g/mol. The molecule has 3 heterocycles. The summed E-state index contributed by atoms with van der Waals surface area (Å²) in [5, 5.41) is 0.895. The SMILES string of the molecule is Cc1ccc2nc(N3CCN(C(=O)c4cccc(NS(=O)(=O)c5ccccn5)c4)CC3)sc2c1. The number of pyridine rings is 1. The molecular formula is C24H23N5O3S2. The molecule has 2 aromatic heterocycles. The van der Waals surface area contributed by atoms with Gasteiger partial charge >= 0.3 is 0 Å². The molecule has 8 nitrogen and oxygen atoms in total. The van der Waals surface area contributed by atoms with Crippen LogP contribution < -0.4 is 9.62 Å². The van der Waals surface area contributed by atoms with Crippen molar-refractivity contribution in [2.45, 2.75) is 11.9 Å². The summed E-state index contributed by atoms with van der Waals surface area (Å²) in [4.78, 5) is 25.8. The Morgan fingerprint density at radius 1 is 1.00 bits per heavy atom. The van der Waals surface area contributed by atoms with E-state index in [9.17, 15) is 13.2 Å². The number of carbonyl (C=O) groups excluding carboxylic acids is 1. The van der Waals surface area contributed by atoms with Crippen molar-refractivity contribution < 1.29 is 13.2 Å². The van der Waals surface area contributed by atoms with Gasteiger partial charge in [0.2, 0.25) is 0 Å². The number of aryl methyl sites for hydroxylation is 1. The summed E-state index contributed by atoms with van der Waals surface area (Å²) >= 11 is 1.67. The van der Waals surface area contributed by atoms with Crippen LogP contribution in [0.3, 0.4) is 0 Å². The molecule has 0 spiro atoms. The number of hydrogen-bond donors (Lipinski definition) is 1. The summed E-state index contributed by atoms with van der Waals surface area (Å²) in [5.41, 5.74) is 2.96. The van der Waals surface area contributed by atoms with E-state index >= 15 is 0 Å². The van der Waals surface area contributed by atoms with Gasteiger partial charge in [-0.05, 0) is 55.0 Å². The maximum absolute atomic E-state index is 13.1. The van der Waals surface area contributed by atoms with Crippen LogP contribution in [0.4, 0.5) is 10.8 Å². The first-order valence-electron chi connectivity index (χ1n) is 10.8. The number of hydrogen-bond acceptors (Lipinski definition) is 7. The zero-order chi connectivity index (χ0) is 23.7. The first-order valence-corrected chi connectivity index (χ1v) is 13.1. The Morgan fingerprint density at radius 2 is 1.82 bits per heavy atom. The van der Waals surface area contributed by atoms with E-state index in [0.29, 0.717) is 37.4 Å². The molecule has 1 fully saturated rings. The molecule has 0 unspecified atom stereocenters. The van der Waals surface area contributed by atoms with Gasteiger partial charge in [-0.3, -0.25) is 9.52 Å². The van der Waals surface area contributed by atoms with Crippen LogP contribution in [0.25, 0.3) is 10.2 Å². The quantitative estimate of drug-likeness (QED) is 0.455. The number of carbonyl (C=O) groups is 1. The van der Waals surface area contributed by atoms with Gasteiger partial charge in [-0.15, -0.1) is 0 Å². The topological polar surface area (TPSA) is 95.5 Å². The molecule has 5 rings (SSSR count). The molecule has 0 radical (unpaired) electrons. The van der Waals surface area contributed by atoms with Crippen molar-refractivity contribution in [3.05, 3.63) is 78.0 Å². The summed E-state index contributed by atoms with van der Waals surface area (Å²) in [5.74, 6) is -0.126. The largest absolute Gasteiger partial charge is 0.345 e. The van der Waals surface area contributed by atoms with Gasteiger partial charge in [0.15, 0.2) is 10.2 Å². The molecule has 1 aliphatic heterocycles. The number of sulfonamides is 1.